The van der Waals surface area contributed by atoms with E-state index in [1.807, 2.05) is 24.3 Å². The summed E-state index contributed by atoms with van der Waals surface area (Å²) in [7, 11) is 1.69. The lowest BCUT2D eigenvalue weighted by molar-refractivity contribution is 0.256. The van der Waals surface area contributed by atoms with Gasteiger partial charge in [-0.25, -0.2) is 4.98 Å². The SMILES string of the molecule is COc1ccc2nc3cc(Cl)ccc3c(C(CN)CCCN(CCCCN)CCCCN)c2c1. The Bertz CT molecular complexity index is 1030. The highest BCUT2D eigenvalue weighted by atomic mass is 35.5. The summed E-state index contributed by atoms with van der Waals surface area (Å²) in [6, 6.07) is 12.0. The third-order valence-electron chi connectivity index (χ3n) is 6.56. The number of nitrogens with zero attached hydrogens (tertiary/aromatic N) is 2. The number of unbranched alkanes of at least 4 members (excludes halogenated alkanes) is 2. The maximum atomic E-state index is 6.38. The molecule has 0 aliphatic rings. The summed E-state index contributed by atoms with van der Waals surface area (Å²) < 4.78 is 5.52. The van der Waals surface area contributed by atoms with Crippen LogP contribution in [0.2, 0.25) is 5.02 Å². The number of aromatic nitrogens is 1. The number of halogens is 1. The van der Waals surface area contributed by atoms with E-state index in [2.05, 4.69) is 17.0 Å². The molecule has 1 unspecified atom stereocenters. The standard InChI is InChI=1S/C27H40ClN5O/c1-34-22-9-11-25-24(18-22)27(23-10-8-21(28)17-26(23)32-25)20(19-31)7-6-16-33(14-4-2-12-29)15-5-3-13-30/h8-11,17-18,20H,2-7,12-16,19,29-31H2,1H3. The minimum Gasteiger partial charge on any atom is -0.497 e. The van der Waals surface area contributed by atoms with Crippen molar-refractivity contribution in [3.05, 3.63) is 47.0 Å². The molecule has 0 aliphatic carbocycles. The van der Waals surface area contributed by atoms with E-state index >= 15 is 0 Å². The van der Waals surface area contributed by atoms with Crippen molar-refractivity contribution >= 4 is 33.4 Å². The molecule has 0 saturated carbocycles. The minimum absolute atomic E-state index is 0.219. The Morgan fingerprint density at radius 3 is 2.21 bits per heavy atom. The number of nitrogens with two attached hydrogens (primary N) is 3. The summed E-state index contributed by atoms with van der Waals surface area (Å²) >= 11 is 6.30. The average molecular weight is 486 g/mol. The molecule has 0 radical (unpaired) electrons. The predicted octanol–water partition coefficient (Wildman–Crippen LogP) is 4.65. The first-order chi connectivity index (χ1) is 16.6. The number of ether oxygens (including phenoxy) is 1. The smallest absolute Gasteiger partial charge is 0.119 e. The highest BCUT2D eigenvalue weighted by Crippen LogP contribution is 2.36. The van der Waals surface area contributed by atoms with Crippen molar-refractivity contribution in [3.63, 3.8) is 0 Å². The van der Waals surface area contributed by atoms with Gasteiger partial charge in [0.15, 0.2) is 0 Å². The molecule has 0 bridgehead atoms. The second-order valence-corrected chi connectivity index (χ2v) is 9.41. The van der Waals surface area contributed by atoms with Gasteiger partial charge in [-0.05, 0) is 120 Å². The number of benzene rings is 2. The monoisotopic (exact) mass is 485 g/mol. The number of hydrogen-bond donors (Lipinski definition) is 3. The molecule has 0 aliphatic heterocycles. The number of pyridine rings is 1. The lowest BCUT2D eigenvalue weighted by Gasteiger charge is -2.25. The fourth-order valence-corrected chi connectivity index (χ4v) is 4.90. The molecular formula is C27H40ClN5O. The van der Waals surface area contributed by atoms with Crippen LogP contribution < -0.4 is 21.9 Å². The molecule has 186 valence electrons. The van der Waals surface area contributed by atoms with Crippen LogP contribution >= 0.6 is 11.6 Å². The lowest BCUT2D eigenvalue weighted by atomic mass is 9.88. The second-order valence-electron chi connectivity index (χ2n) is 8.98. The summed E-state index contributed by atoms with van der Waals surface area (Å²) in [5.41, 5.74) is 20.9. The van der Waals surface area contributed by atoms with Crippen molar-refractivity contribution in [1.82, 2.24) is 9.88 Å². The van der Waals surface area contributed by atoms with Crippen LogP contribution in [0.15, 0.2) is 36.4 Å². The van der Waals surface area contributed by atoms with E-state index in [-0.39, 0.29) is 5.92 Å². The average Bonchev–Trinajstić information content (AvgIpc) is 2.85. The molecule has 0 fully saturated rings. The maximum absolute atomic E-state index is 6.38. The quantitative estimate of drug-likeness (QED) is 0.214. The van der Waals surface area contributed by atoms with Gasteiger partial charge in [0.25, 0.3) is 0 Å². The third kappa shape index (κ3) is 7.03. The fourth-order valence-electron chi connectivity index (χ4n) is 4.73. The van der Waals surface area contributed by atoms with Crippen molar-refractivity contribution in [3.8, 4) is 5.75 Å². The van der Waals surface area contributed by atoms with E-state index in [1.54, 1.807) is 7.11 Å². The van der Waals surface area contributed by atoms with Crippen LogP contribution in [0.25, 0.3) is 21.8 Å². The van der Waals surface area contributed by atoms with Crippen LogP contribution in [0.3, 0.4) is 0 Å². The van der Waals surface area contributed by atoms with E-state index in [0.717, 1.165) is 98.8 Å². The first kappa shape index (κ1) is 26.6. The van der Waals surface area contributed by atoms with E-state index in [1.165, 1.54) is 5.56 Å². The summed E-state index contributed by atoms with van der Waals surface area (Å²) in [6.07, 6.45) is 6.50. The van der Waals surface area contributed by atoms with E-state index in [9.17, 15) is 0 Å². The molecule has 1 atom stereocenters. The molecule has 1 aromatic heterocycles. The predicted molar refractivity (Wildman–Crippen MR) is 145 cm³/mol. The molecule has 0 saturated heterocycles. The Balaban J connectivity index is 1.85. The van der Waals surface area contributed by atoms with Gasteiger partial charge in [0.2, 0.25) is 0 Å². The molecule has 6 nitrogen and oxygen atoms in total. The largest absolute Gasteiger partial charge is 0.497 e. The van der Waals surface area contributed by atoms with Gasteiger partial charge < -0.3 is 26.8 Å². The summed E-state index contributed by atoms with van der Waals surface area (Å²) in [5.74, 6) is 1.04. The zero-order chi connectivity index (χ0) is 24.3. The molecule has 0 amide bonds. The summed E-state index contributed by atoms with van der Waals surface area (Å²) in [4.78, 5) is 7.43. The Morgan fingerprint density at radius 1 is 0.853 bits per heavy atom. The fraction of sp³-hybridized carbons (Fsp3) is 0.519. The van der Waals surface area contributed by atoms with Crippen LogP contribution in [0.5, 0.6) is 5.75 Å². The van der Waals surface area contributed by atoms with Gasteiger partial charge in [-0.15, -0.1) is 0 Å². The Labute approximate surface area is 208 Å². The van der Waals surface area contributed by atoms with Gasteiger partial charge in [0, 0.05) is 15.8 Å². The van der Waals surface area contributed by atoms with E-state index < -0.39 is 0 Å². The van der Waals surface area contributed by atoms with Crippen LogP contribution in [-0.2, 0) is 0 Å². The normalized spacial score (nSPS) is 12.6. The van der Waals surface area contributed by atoms with Gasteiger partial charge in [-0.1, -0.05) is 17.7 Å². The molecule has 1 heterocycles. The molecule has 7 heteroatoms. The number of fused-ring (bicyclic) bond motifs is 2. The Hall–Kier alpha value is -1.96. The van der Waals surface area contributed by atoms with Crippen molar-refractivity contribution < 1.29 is 4.74 Å². The van der Waals surface area contributed by atoms with Gasteiger partial charge in [0.05, 0.1) is 18.1 Å². The zero-order valence-electron chi connectivity index (χ0n) is 20.4. The van der Waals surface area contributed by atoms with Crippen molar-refractivity contribution in [2.45, 2.75) is 44.4 Å². The third-order valence-corrected chi connectivity index (χ3v) is 6.80. The Morgan fingerprint density at radius 2 is 1.56 bits per heavy atom. The first-order valence-corrected chi connectivity index (χ1v) is 12.9. The second kappa shape index (κ2) is 13.8. The molecule has 34 heavy (non-hydrogen) atoms. The number of rotatable bonds is 15. The summed E-state index contributed by atoms with van der Waals surface area (Å²) in [6.45, 7) is 5.32. The van der Waals surface area contributed by atoms with Crippen LogP contribution in [0, 0.1) is 0 Å². The lowest BCUT2D eigenvalue weighted by Crippen LogP contribution is -2.28. The number of hydrogen-bond acceptors (Lipinski definition) is 6. The summed E-state index contributed by atoms with van der Waals surface area (Å²) in [5, 5.41) is 2.91. The van der Waals surface area contributed by atoms with Crippen molar-refractivity contribution in [2.24, 2.45) is 17.2 Å². The minimum atomic E-state index is 0.219. The highest BCUT2D eigenvalue weighted by Gasteiger charge is 2.19. The van der Waals surface area contributed by atoms with Crippen LogP contribution in [0.4, 0.5) is 0 Å². The zero-order valence-corrected chi connectivity index (χ0v) is 21.2. The van der Waals surface area contributed by atoms with Gasteiger partial charge in [-0.3, -0.25) is 0 Å². The molecular weight excluding hydrogens is 446 g/mol. The number of methoxy groups -OCH3 is 1. The highest BCUT2D eigenvalue weighted by molar-refractivity contribution is 6.31. The Kier molecular flexibility index (Phi) is 10.8. The first-order valence-electron chi connectivity index (χ1n) is 12.5. The maximum Gasteiger partial charge on any atom is 0.119 e. The van der Waals surface area contributed by atoms with Crippen molar-refractivity contribution in [2.75, 3.05) is 46.4 Å². The van der Waals surface area contributed by atoms with Gasteiger partial charge in [0.1, 0.15) is 5.75 Å². The molecule has 3 rings (SSSR count). The van der Waals surface area contributed by atoms with Crippen molar-refractivity contribution in [1.29, 1.82) is 0 Å². The van der Waals surface area contributed by atoms with E-state index in [4.69, 9.17) is 38.5 Å². The van der Waals surface area contributed by atoms with Crippen LogP contribution in [0.1, 0.15) is 50.0 Å². The molecule has 6 N–H and O–H groups in total. The van der Waals surface area contributed by atoms with Gasteiger partial charge >= 0.3 is 0 Å². The molecule has 0 spiro atoms. The molecule has 3 aromatic rings. The van der Waals surface area contributed by atoms with E-state index in [0.29, 0.717) is 11.6 Å². The van der Waals surface area contributed by atoms with Gasteiger partial charge in [-0.2, -0.15) is 0 Å². The topological polar surface area (TPSA) is 103 Å². The van der Waals surface area contributed by atoms with Crippen LogP contribution in [-0.4, -0.2) is 56.3 Å². The molecule has 2 aromatic carbocycles.